The van der Waals surface area contributed by atoms with Crippen molar-refractivity contribution in [1.29, 1.82) is 0 Å². The van der Waals surface area contributed by atoms with Crippen molar-refractivity contribution >= 4 is 23.6 Å². The Kier molecular flexibility index (Phi) is 5.73. The number of aliphatic hydroxyl groups excluding tert-OH is 1. The van der Waals surface area contributed by atoms with Crippen LogP contribution in [0.15, 0.2) is 41.5 Å². The first-order valence-electron chi connectivity index (χ1n) is 10.9. The summed E-state index contributed by atoms with van der Waals surface area (Å²) in [6.45, 7) is 3.92. The predicted octanol–water partition coefficient (Wildman–Crippen LogP) is 1.94. The largest absolute Gasteiger partial charge is 0.371 e. The molecule has 0 radical (unpaired) electrons. The molecule has 3 aliphatic rings. The SMILES string of the molecule is CCC1=CC=C(C(=O)NCc2ccc3c(c2)C(=O)N([C@@]2(C)CCC(=O)NC2O)C3=O)CC1. The summed E-state index contributed by atoms with van der Waals surface area (Å²) in [7, 11) is 0. The van der Waals surface area contributed by atoms with Crippen LogP contribution >= 0.6 is 0 Å². The number of nitrogens with zero attached hydrogens (tertiary/aromatic N) is 1. The topological polar surface area (TPSA) is 116 Å². The van der Waals surface area contributed by atoms with Gasteiger partial charge in [0.15, 0.2) is 0 Å². The number of rotatable bonds is 5. The second-order valence-corrected chi connectivity index (χ2v) is 8.71. The van der Waals surface area contributed by atoms with E-state index in [2.05, 4.69) is 17.6 Å². The average Bonchev–Trinajstić information content (AvgIpc) is 3.05. The second kappa shape index (κ2) is 8.35. The Hall–Kier alpha value is -3.26. The third-order valence-electron chi connectivity index (χ3n) is 6.64. The van der Waals surface area contributed by atoms with E-state index >= 15 is 0 Å². The summed E-state index contributed by atoms with van der Waals surface area (Å²) in [4.78, 5) is 51.2. The molecule has 8 heteroatoms. The first-order valence-corrected chi connectivity index (χ1v) is 10.9. The number of nitrogens with one attached hydrogen (secondary N) is 2. The van der Waals surface area contributed by atoms with E-state index in [-0.39, 0.29) is 42.3 Å². The summed E-state index contributed by atoms with van der Waals surface area (Å²) in [6, 6.07) is 4.89. The molecule has 1 aromatic carbocycles. The molecule has 1 saturated heterocycles. The van der Waals surface area contributed by atoms with Crippen LogP contribution < -0.4 is 10.6 Å². The molecule has 2 atom stereocenters. The minimum atomic E-state index is -1.34. The Morgan fingerprint density at radius 2 is 1.91 bits per heavy atom. The zero-order valence-corrected chi connectivity index (χ0v) is 18.2. The van der Waals surface area contributed by atoms with Gasteiger partial charge >= 0.3 is 0 Å². The maximum Gasteiger partial charge on any atom is 0.262 e. The maximum atomic E-state index is 13.1. The Bertz CT molecular complexity index is 1070. The molecule has 1 fully saturated rings. The van der Waals surface area contributed by atoms with Crippen molar-refractivity contribution in [2.24, 2.45) is 0 Å². The van der Waals surface area contributed by atoms with Crippen LogP contribution in [0.1, 0.15) is 72.2 Å². The van der Waals surface area contributed by atoms with Crippen molar-refractivity contribution < 1.29 is 24.3 Å². The van der Waals surface area contributed by atoms with E-state index in [9.17, 15) is 24.3 Å². The van der Waals surface area contributed by atoms with Crippen LogP contribution in [0, 0.1) is 0 Å². The summed E-state index contributed by atoms with van der Waals surface area (Å²) in [5, 5.41) is 15.7. The molecule has 32 heavy (non-hydrogen) atoms. The van der Waals surface area contributed by atoms with E-state index in [1.54, 1.807) is 25.1 Å². The van der Waals surface area contributed by atoms with Gasteiger partial charge in [-0.3, -0.25) is 24.1 Å². The summed E-state index contributed by atoms with van der Waals surface area (Å²) in [5.74, 6) is -1.47. The van der Waals surface area contributed by atoms with Gasteiger partial charge in [-0.1, -0.05) is 30.7 Å². The first kappa shape index (κ1) is 22.0. The van der Waals surface area contributed by atoms with Crippen molar-refractivity contribution in [2.75, 3.05) is 0 Å². The van der Waals surface area contributed by atoms with Crippen LogP contribution in [0.5, 0.6) is 0 Å². The molecule has 168 valence electrons. The predicted molar refractivity (Wildman–Crippen MR) is 116 cm³/mol. The number of allylic oxidation sites excluding steroid dienone is 3. The Morgan fingerprint density at radius 1 is 1.16 bits per heavy atom. The van der Waals surface area contributed by atoms with Crippen LogP contribution in [0.3, 0.4) is 0 Å². The number of amides is 4. The maximum absolute atomic E-state index is 13.1. The number of imide groups is 1. The molecule has 0 aromatic heterocycles. The molecule has 1 unspecified atom stereocenters. The van der Waals surface area contributed by atoms with Gasteiger partial charge in [0.1, 0.15) is 6.23 Å². The van der Waals surface area contributed by atoms with Gasteiger partial charge in [-0.05, 0) is 50.3 Å². The smallest absolute Gasteiger partial charge is 0.262 e. The van der Waals surface area contributed by atoms with Crippen molar-refractivity contribution in [3.05, 3.63) is 58.2 Å². The van der Waals surface area contributed by atoms with Crippen molar-refractivity contribution in [1.82, 2.24) is 15.5 Å². The summed E-state index contributed by atoms with van der Waals surface area (Å²) < 4.78 is 0. The van der Waals surface area contributed by atoms with Crippen LogP contribution in [0.2, 0.25) is 0 Å². The molecule has 0 bridgehead atoms. The highest BCUT2D eigenvalue weighted by molar-refractivity contribution is 6.22. The monoisotopic (exact) mass is 437 g/mol. The van der Waals surface area contributed by atoms with E-state index in [1.165, 1.54) is 5.57 Å². The molecular weight excluding hydrogens is 410 g/mol. The van der Waals surface area contributed by atoms with Crippen LogP contribution in [0.4, 0.5) is 0 Å². The van der Waals surface area contributed by atoms with E-state index in [0.717, 1.165) is 23.3 Å². The molecule has 0 saturated carbocycles. The lowest BCUT2D eigenvalue weighted by Gasteiger charge is -2.43. The standard InChI is InChI=1S/C24H27N3O5/c1-3-14-4-7-16(8-5-14)20(29)25-13-15-6-9-17-18(12-15)22(31)27(21(17)30)24(2)11-10-19(28)26-23(24)32/h4,6-7,9,12,23,32H,3,5,8,10-11,13H2,1-2H3,(H,25,29)(H,26,28)/t23?,24-/m0/s1. The van der Waals surface area contributed by atoms with Gasteiger partial charge in [-0.2, -0.15) is 0 Å². The molecule has 3 N–H and O–H groups in total. The van der Waals surface area contributed by atoms with Gasteiger partial charge in [0.25, 0.3) is 11.8 Å². The number of carbonyl (C=O) groups excluding carboxylic acids is 4. The van der Waals surface area contributed by atoms with Crippen molar-refractivity contribution in [2.45, 2.75) is 64.3 Å². The molecule has 4 amide bonds. The van der Waals surface area contributed by atoms with Crippen molar-refractivity contribution in [3.8, 4) is 0 Å². The molecule has 4 rings (SSSR count). The number of piperidine rings is 1. The van der Waals surface area contributed by atoms with Crippen molar-refractivity contribution in [3.63, 3.8) is 0 Å². The lowest BCUT2D eigenvalue weighted by Crippen LogP contribution is -2.65. The fourth-order valence-corrected chi connectivity index (χ4v) is 4.44. The van der Waals surface area contributed by atoms with Gasteiger partial charge in [0.2, 0.25) is 11.8 Å². The third kappa shape index (κ3) is 3.75. The fourth-order valence-electron chi connectivity index (χ4n) is 4.44. The molecular formula is C24H27N3O5. The van der Waals surface area contributed by atoms with Gasteiger partial charge in [0.05, 0.1) is 16.7 Å². The normalized spacial score (nSPS) is 25.2. The minimum Gasteiger partial charge on any atom is -0.371 e. The average molecular weight is 437 g/mol. The van der Waals surface area contributed by atoms with Crippen LogP contribution in [0.25, 0.3) is 0 Å². The number of hydrogen-bond donors (Lipinski definition) is 3. The summed E-state index contributed by atoms with van der Waals surface area (Å²) in [5.41, 5.74) is 2.01. The van der Waals surface area contributed by atoms with Gasteiger partial charge in [-0.25, -0.2) is 0 Å². The molecule has 8 nitrogen and oxygen atoms in total. The third-order valence-corrected chi connectivity index (χ3v) is 6.64. The molecule has 0 spiro atoms. The number of aliphatic hydroxyl groups is 1. The first-order chi connectivity index (χ1) is 15.2. The van der Waals surface area contributed by atoms with E-state index in [4.69, 9.17) is 0 Å². The highest BCUT2D eigenvalue weighted by Crippen LogP contribution is 2.36. The van der Waals surface area contributed by atoms with E-state index in [1.807, 2.05) is 12.2 Å². The zero-order valence-electron chi connectivity index (χ0n) is 18.2. The second-order valence-electron chi connectivity index (χ2n) is 8.71. The fraction of sp³-hybridized carbons (Fsp3) is 0.417. The summed E-state index contributed by atoms with van der Waals surface area (Å²) in [6.07, 6.45) is 5.37. The zero-order chi connectivity index (χ0) is 23.0. The van der Waals surface area contributed by atoms with E-state index < -0.39 is 23.6 Å². The number of hydrogen-bond acceptors (Lipinski definition) is 5. The molecule has 1 aliphatic carbocycles. The summed E-state index contributed by atoms with van der Waals surface area (Å²) >= 11 is 0. The lowest BCUT2D eigenvalue weighted by atomic mass is 9.88. The van der Waals surface area contributed by atoms with Crippen LogP contribution in [-0.2, 0) is 16.1 Å². The highest BCUT2D eigenvalue weighted by atomic mass is 16.3. The quantitative estimate of drug-likeness (QED) is 0.609. The number of carbonyl (C=O) groups is 4. The molecule has 1 aromatic rings. The van der Waals surface area contributed by atoms with Gasteiger partial charge in [0, 0.05) is 18.5 Å². The highest BCUT2D eigenvalue weighted by Gasteiger charge is 2.52. The van der Waals surface area contributed by atoms with Gasteiger partial charge in [-0.15, -0.1) is 0 Å². The molecule has 2 heterocycles. The Balaban J connectivity index is 1.49. The van der Waals surface area contributed by atoms with E-state index in [0.29, 0.717) is 12.0 Å². The minimum absolute atomic E-state index is 0.114. The number of fused-ring (bicyclic) bond motifs is 1. The van der Waals surface area contributed by atoms with Gasteiger partial charge < -0.3 is 15.7 Å². The Morgan fingerprint density at radius 3 is 2.56 bits per heavy atom. The van der Waals surface area contributed by atoms with Crippen LogP contribution in [-0.4, -0.2) is 45.4 Å². The Labute approximate surface area is 186 Å². The number of benzene rings is 1. The molecule has 2 aliphatic heterocycles. The lowest BCUT2D eigenvalue weighted by molar-refractivity contribution is -0.133.